The average molecular weight is 272 g/mol. The lowest BCUT2D eigenvalue weighted by Crippen LogP contribution is -2.00. The van der Waals surface area contributed by atoms with Gasteiger partial charge in [-0.2, -0.15) is 0 Å². The summed E-state index contributed by atoms with van der Waals surface area (Å²) in [6.07, 6.45) is 6.18. The molecule has 0 aromatic carbocycles. The van der Waals surface area contributed by atoms with E-state index in [2.05, 4.69) is 20.9 Å². The van der Waals surface area contributed by atoms with E-state index in [0.29, 0.717) is 10.0 Å². The highest BCUT2D eigenvalue weighted by Crippen LogP contribution is 2.26. The van der Waals surface area contributed by atoms with E-state index in [1.54, 1.807) is 17.2 Å². The monoisotopic (exact) mass is 271 g/mol. The van der Waals surface area contributed by atoms with Crippen molar-refractivity contribution in [2.75, 3.05) is 14.1 Å². The number of pyridine rings is 1. The van der Waals surface area contributed by atoms with E-state index < -0.39 is 4.92 Å². The lowest BCUT2D eigenvalue weighted by molar-refractivity contribution is -0.385. The Morgan fingerprint density at radius 1 is 1.53 bits per heavy atom. The minimum absolute atomic E-state index is 0.0116. The van der Waals surface area contributed by atoms with Crippen LogP contribution in [0.15, 0.2) is 23.1 Å². The second-order valence-corrected chi connectivity index (χ2v) is 3.94. The summed E-state index contributed by atoms with van der Waals surface area (Å²) >= 11 is 3.23. The molecule has 0 atom stereocenters. The van der Waals surface area contributed by atoms with Crippen LogP contribution in [0.1, 0.15) is 5.56 Å². The Bertz CT molecular complexity index is 404. The van der Waals surface area contributed by atoms with Crippen LogP contribution in [0.25, 0.3) is 6.08 Å². The first kappa shape index (κ1) is 11.6. The van der Waals surface area contributed by atoms with Crippen molar-refractivity contribution in [1.29, 1.82) is 0 Å². The summed E-state index contributed by atoms with van der Waals surface area (Å²) < 4.78 is 0.606. The predicted molar refractivity (Wildman–Crippen MR) is 61.3 cm³/mol. The molecule has 1 aromatic heterocycles. The first-order chi connectivity index (χ1) is 7.02. The molecule has 0 N–H and O–H groups in total. The molecule has 15 heavy (non-hydrogen) atoms. The molecular formula is C9H10BrN3O2. The summed E-state index contributed by atoms with van der Waals surface area (Å²) in [6, 6.07) is 0. The van der Waals surface area contributed by atoms with Gasteiger partial charge < -0.3 is 4.90 Å². The molecule has 0 fully saturated rings. The molecule has 1 heterocycles. The highest BCUT2D eigenvalue weighted by atomic mass is 79.9. The highest BCUT2D eigenvalue weighted by Gasteiger charge is 2.14. The van der Waals surface area contributed by atoms with E-state index in [1.807, 2.05) is 14.1 Å². The van der Waals surface area contributed by atoms with E-state index in [-0.39, 0.29) is 5.69 Å². The average Bonchev–Trinajstić information content (AvgIpc) is 2.15. The zero-order chi connectivity index (χ0) is 11.4. The molecule has 0 aliphatic heterocycles. The van der Waals surface area contributed by atoms with Gasteiger partial charge in [-0.05, 0) is 28.2 Å². The van der Waals surface area contributed by atoms with Crippen LogP contribution >= 0.6 is 15.9 Å². The summed E-state index contributed by atoms with van der Waals surface area (Å²) in [5.74, 6) is 0. The van der Waals surface area contributed by atoms with Crippen molar-refractivity contribution in [2.24, 2.45) is 0 Å². The molecule has 0 bridgehead atoms. The van der Waals surface area contributed by atoms with Crippen molar-refractivity contribution in [3.63, 3.8) is 0 Å². The van der Waals surface area contributed by atoms with Crippen LogP contribution in [0, 0.1) is 10.1 Å². The number of aromatic nitrogens is 1. The van der Waals surface area contributed by atoms with Gasteiger partial charge >= 0.3 is 0 Å². The zero-order valence-corrected chi connectivity index (χ0v) is 9.93. The molecule has 1 aromatic rings. The van der Waals surface area contributed by atoms with Crippen LogP contribution in [-0.2, 0) is 0 Å². The van der Waals surface area contributed by atoms with Crippen molar-refractivity contribution in [3.05, 3.63) is 38.7 Å². The van der Waals surface area contributed by atoms with Gasteiger partial charge in [0.25, 0.3) is 5.69 Å². The fourth-order valence-electron chi connectivity index (χ4n) is 0.969. The molecule has 0 unspecified atom stereocenters. The Morgan fingerprint density at radius 3 is 2.73 bits per heavy atom. The van der Waals surface area contributed by atoms with E-state index >= 15 is 0 Å². The topological polar surface area (TPSA) is 59.3 Å². The van der Waals surface area contributed by atoms with Gasteiger partial charge in [-0.25, -0.2) is 0 Å². The molecule has 0 saturated heterocycles. The third-order valence-electron chi connectivity index (χ3n) is 1.65. The lowest BCUT2D eigenvalue weighted by Gasteiger charge is -2.04. The lowest BCUT2D eigenvalue weighted by atomic mass is 10.2. The largest absolute Gasteiger partial charge is 0.383 e. The van der Waals surface area contributed by atoms with Gasteiger partial charge in [0.1, 0.15) is 6.20 Å². The maximum Gasteiger partial charge on any atom is 0.295 e. The zero-order valence-electron chi connectivity index (χ0n) is 8.35. The predicted octanol–water partition coefficient (Wildman–Crippen LogP) is 2.28. The second-order valence-electron chi connectivity index (χ2n) is 3.09. The first-order valence-corrected chi connectivity index (χ1v) is 4.94. The Hall–Kier alpha value is -1.43. The molecule has 0 spiro atoms. The quantitative estimate of drug-likeness (QED) is 0.625. The summed E-state index contributed by atoms with van der Waals surface area (Å²) in [4.78, 5) is 15.8. The maximum absolute atomic E-state index is 10.7. The van der Waals surface area contributed by atoms with Gasteiger partial charge in [0, 0.05) is 20.3 Å². The molecule has 6 heteroatoms. The van der Waals surface area contributed by atoms with Crippen molar-refractivity contribution in [1.82, 2.24) is 9.88 Å². The Balaban J connectivity index is 3.19. The molecule has 1 rings (SSSR count). The smallest absolute Gasteiger partial charge is 0.295 e. The Labute approximate surface area is 95.7 Å². The standard InChI is InChI=1S/C9H10BrN3O2/c1-12(2)4-3-7-8(10)5-11-6-9(7)13(14)15/h3-6H,1-2H3. The second kappa shape index (κ2) is 4.88. The molecule has 80 valence electrons. The number of hydrogen-bond acceptors (Lipinski definition) is 4. The first-order valence-electron chi connectivity index (χ1n) is 4.15. The van der Waals surface area contributed by atoms with Crippen molar-refractivity contribution < 1.29 is 4.92 Å². The van der Waals surface area contributed by atoms with Crippen LogP contribution in [-0.4, -0.2) is 28.9 Å². The van der Waals surface area contributed by atoms with Gasteiger partial charge in [-0.3, -0.25) is 15.1 Å². The number of halogens is 1. The SMILES string of the molecule is CN(C)C=Cc1c(Br)cncc1[N+](=O)[O-]. The van der Waals surface area contributed by atoms with Crippen LogP contribution < -0.4 is 0 Å². The van der Waals surface area contributed by atoms with Crippen molar-refractivity contribution in [2.45, 2.75) is 0 Å². The molecule has 0 saturated carbocycles. The van der Waals surface area contributed by atoms with Gasteiger partial charge in [0.05, 0.1) is 15.0 Å². The minimum atomic E-state index is -0.451. The summed E-state index contributed by atoms with van der Waals surface area (Å²) in [6.45, 7) is 0. The fraction of sp³-hybridized carbons (Fsp3) is 0.222. The molecule has 5 nitrogen and oxygen atoms in total. The van der Waals surface area contributed by atoms with Gasteiger partial charge in [-0.15, -0.1) is 0 Å². The number of hydrogen-bond donors (Lipinski definition) is 0. The van der Waals surface area contributed by atoms with E-state index in [9.17, 15) is 10.1 Å². The van der Waals surface area contributed by atoms with E-state index in [1.165, 1.54) is 12.4 Å². The summed E-state index contributed by atoms with van der Waals surface area (Å²) in [7, 11) is 3.69. The van der Waals surface area contributed by atoms with Gasteiger partial charge in [-0.1, -0.05) is 0 Å². The Morgan fingerprint density at radius 2 is 2.20 bits per heavy atom. The highest BCUT2D eigenvalue weighted by molar-refractivity contribution is 9.10. The Kier molecular flexibility index (Phi) is 3.79. The minimum Gasteiger partial charge on any atom is -0.383 e. The normalized spacial score (nSPS) is 10.6. The number of nitrogens with zero attached hydrogens (tertiary/aromatic N) is 3. The molecule has 0 radical (unpaired) electrons. The maximum atomic E-state index is 10.7. The third kappa shape index (κ3) is 3.02. The summed E-state index contributed by atoms with van der Waals surface area (Å²) in [5.41, 5.74) is 0.506. The third-order valence-corrected chi connectivity index (χ3v) is 2.29. The van der Waals surface area contributed by atoms with Crippen LogP contribution in [0.2, 0.25) is 0 Å². The van der Waals surface area contributed by atoms with E-state index in [0.717, 1.165) is 0 Å². The van der Waals surface area contributed by atoms with Crippen LogP contribution in [0.3, 0.4) is 0 Å². The molecule has 0 amide bonds. The van der Waals surface area contributed by atoms with Crippen LogP contribution in [0.4, 0.5) is 5.69 Å². The molecular weight excluding hydrogens is 262 g/mol. The van der Waals surface area contributed by atoms with Crippen molar-refractivity contribution in [3.8, 4) is 0 Å². The van der Waals surface area contributed by atoms with Crippen molar-refractivity contribution >= 4 is 27.7 Å². The number of nitro groups is 1. The summed E-state index contributed by atoms with van der Waals surface area (Å²) in [5, 5.41) is 10.7. The molecule has 0 aliphatic rings. The fourth-order valence-corrected chi connectivity index (χ4v) is 1.42. The van der Waals surface area contributed by atoms with E-state index in [4.69, 9.17) is 0 Å². The van der Waals surface area contributed by atoms with Crippen LogP contribution in [0.5, 0.6) is 0 Å². The van der Waals surface area contributed by atoms with Gasteiger partial charge in [0.2, 0.25) is 0 Å². The molecule has 0 aliphatic carbocycles. The number of rotatable bonds is 3. The van der Waals surface area contributed by atoms with Gasteiger partial charge in [0.15, 0.2) is 0 Å².